The number of nitrogens with one attached hydrogen (secondary N) is 2. The molecule has 0 fully saturated rings. The lowest BCUT2D eigenvalue weighted by atomic mass is 10.1. The highest BCUT2D eigenvalue weighted by molar-refractivity contribution is 6.35. The summed E-state index contributed by atoms with van der Waals surface area (Å²) in [7, 11) is 1.96. The van der Waals surface area contributed by atoms with Gasteiger partial charge in [0.05, 0.1) is 12.1 Å². The molecule has 0 spiro atoms. The van der Waals surface area contributed by atoms with Crippen molar-refractivity contribution in [3.63, 3.8) is 0 Å². The second kappa shape index (κ2) is 9.26. The molecule has 0 aliphatic carbocycles. The molecule has 1 amide bonds. The number of hydrogen-bond donors (Lipinski definition) is 2. The van der Waals surface area contributed by atoms with E-state index in [0.717, 1.165) is 21.7 Å². The van der Waals surface area contributed by atoms with Gasteiger partial charge in [-0.25, -0.2) is 0 Å². The third kappa shape index (κ3) is 5.90. The molecule has 1 atom stereocenters. The molecule has 0 aromatic heterocycles. The number of ether oxygens (including phenoxy) is 1. The molecule has 0 heterocycles. The maximum absolute atomic E-state index is 12.3. The molecule has 6 heteroatoms. The molecule has 0 saturated carbocycles. The van der Waals surface area contributed by atoms with Crippen molar-refractivity contribution in [3.05, 3.63) is 57.1 Å². The van der Waals surface area contributed by atoms with Crippen molar-refractivity contribution in [1.29, 1.82) is 0 Å². The fourth-order valence-corrected chi connectivity index (χ4v) is 3.31. The molecule has 2 aromatic rings. The standard InChI is InChI=1S/C20H24Cl2N2O2/c1-13-9-14(2)20(15(3)10-13)23-19(25)12-24(4)7-8-26-18-6-5-16(21)11-17(18)22/h5-6,9-11H,7-8,12H2,1-4H3,(H,23,25)/p+1. The van der Waals surface area contributed by atoms with Crippen molar-refractivity contribution in [2.24, 2.45) is 0 Å². The number of anilines is 1. The van der Waals surface area contributed by atoms with Gasteiger partial charge in [-0.05, 0) is 50.1 Å². The van der Waals surface area contributed by atoms with Gasteiger partial charge in [-0.15, -0.1) is 0 Å². The zero-order valence-electron chi connectivity index (χ0n) is 15.6. The fraction of sp³-hybridized carbons (Fsp3) is 0.350. The highest BCUT2D eigenvalue weighted by Gasteiger charge is 2.13. The summed E-state index contributed by atoms with van der Waals surface area (Å²) < 4.78 is 5.67. The van der Waals surface area contributed by atoms with Gasteiger partial charge in [-0.2, -0.15) is 0 Å². The Labute approximate surface area is 165 Å². The summed E-state index contributed by atoms with van der Waals surface area (Å²) in [4.78, 5) is 13.4. The molecule has 0 aliphatic rings. The zero-order chi connectivity index (χ0) is 19.3. The van der Waals surface area contributed by atoms with Crippen molar-refractivity contribution in [1.82, 2.24) is 0 Å². The first-order valence-electron chi connectivity index (χ1n) is 8.53. The van der Waals surface area contributed by atoms with Gasteiger partial charge >= 0.3 is 0 Å². The molecular formula is C20H25Cl2N2O2+. The van der Waals surface area contributed by atoms with E-state index in [9.17, 15) is 4.79 Å². The van der Waals surface area contributed by atoms with Gasteiger partial charge in [0, 0.05) is 10.7 Å². The molecule has 26 heavy (non-hydrogen) atoms. The van der Waals surface area contributed by atoms with Gasteiger partial charge in [0.1, 0.15) is 18.9 Å². The first-order chi connectivity index (χ1) is 12.3. The second-order valence-corrected chi connectivity index (χ2v) is 7.47. The maximum Gasteiger partial charge on any atom is 0.279 e. The number of amides is 1. The summed E-state index contributed by atoms with van der Waals surface area (Å²) in [5, 5.41) is 4.08. The number of hydrogen-bond acceptors (Lipinski definition) is 2. The van der Waals surface area contributed by atoms with E-state index < -0.39 is 0 Å². The molecule has 140 valence electrons. The average molecular weight is 396 g/mol. The van der Waals surface area contributed by atoms with E-state index in [1.54, 1.807) is 18.2 Å². The van der Waals surface area contributed by atoms with Crippen LogP contribution < -0.4 is 15.0 Å². The molecule has 2 N–H and O–H groups in total. The molecule has 2 rings (SSSR count). The number of aryl methyl sites for hydroxylation is 3. The Morgan fingerprint density at radius 1 is 1.12 bits per heavy atom. The van der Waals surface area contributed by atoms with Crippen molar-refractivity contribution in [2.45, 2.75) is 20.8 Å². The first-order valence-corrected chi connectivity index (χ1v) is 9.28. The van der Waals surface area contributed by atoms with E-state index in [4.69, 9.17) is 27.9 Å². The van der Waals surface area contributed by atoms with Crippen LogP contribution in [-0.4, -0.2) is 32.7 Å². The molecule has 0 aliphatic heterocycles. The topological polar surface area (TPSA) is 42.8 Å². The Morgan fingerprint density at radius 3 is 2.38 bits per heavy atom. The SMILES string of the molecule is Cc1cc(C)c(NC(=O)C[NH+](C)CCOc2ccc(Cl)cc2Cl)c(C)c1. The number of quaternary nitrogens is 1. The molecule has 1 unspecified atom stereocenters. The number of carbonyl (C=O) groups excluding carboxylic acids is 1. The molecule has 4 nitrogen and oxygen atoms in total. The summed E-state index contributed by atoms with van der Waals surface area (Å²) >= 11 is 11.9. The largest absolute Gasteiger partial charge is 0.486 e. The minimum atomic E-state index is -0.0120. The minimum absolute atomic E-state index is 0.0120. The smallest absolute Gasteiger partial charge is 0.279 e. The summed E-state index contributed by atoms with van der Waals surface area (Å²) in [5.41, 5.74) is 4.25. The molecule has 2 aromatic carbocycles. The van der Waals surface area contributed by atoms with Crippen molar-refractivity contribution in [2.75, 3.05) is 32.1 Å². The van der Waals surface area contributed by atoms with Gasteiger partial charge in [-0.1, -0.05) is 40.9 Å². The Hall–Kier alpha value is -1.75. The highest BCUT2D eigenvalue weighted by Crippen LogP contribution is 2.27. The number of carbonyl (C=O) groups is 1. The van der Waals surface area contributed by atoms with Gasteiger partial charge in [0.15, 0.2) is 6.54 Å². The Morgan fingerprint density at radius 2 is 1.77 bits per heavy atom. The van der Waals surface area contributed by atoms with E-state index in [2.05, 4.69) is 24.4 Å². The molecular weight excluding hydrogens is 371 g/mol. The van der Waals surface area contributed by atoms with Crippen molar-refractivity contribution in [3.8, 4) is 5.75 Å². The lowest BCUT2D eigenvalue weighted by molar-refractivity contribution is -0.871. The summed E-state index contributed by atoms with van der Waals surface area (Å²) in [6.07, 6.45) is 0. The highest BCUT2D eigenvalue weighted by atomic mass is 35.5. The second-order valence-electron chi connectivity index (χ2n) is 6.63. The van der Waals surface area contributed by atoms with Gasteiger partial charge in [0.25, 0.3) is 5.91 Å². The molecule has 0 bridgehead atoms. The fourth-order valence-electron chi connectivity index (χ4n) is 2.85. The van der Waals surface area contributed by atoms with E-state index >= 15 is 0 Å². The van der Waals surface area contributed by atoms with Crippen molar-refractivity contribution < 1.29 is 14.4 Å². The van der Waals surface area contributed by atoms with E-state index in [-0.39, 0.29) is 5.91 Å². The van der Waals surface area contributed by atoms with Gasteiger partial charge in [-0.3, -0.25) is 4.79 Å². The zero-order valence-corrected chi connectivity index (χ0v) is 17.1. The van der Waals surface area contributed by atoms with Crippen LogP contribution in [0.15, 0.2) is 30.3 Å². The quantitative estimate of drug-likeness (QED) is 0.753. The molecule has 0 saturated heterocycles. The van der Waals surface area contributed by atoms with Crippen LogP contribution in [0.2, 0.25) is 10.0 Å². The van der Waals surface area contributed by atoms with Crippen LogP contribution in [0.1, 0.15) is 16.7 Å². The van der Waals surface area contributed by atoms with Crippen LogP contribution in [0, 0.1) is 20.8 Å². The summed E-state index contributed by atoms with van der Waals surface area (Å²) in [5.74, 6) is 0.585. The third-order valence-electron chi connectivity index (χ3n) is 4.08. The average Bonchev–Trinajstić information content (AvgIpc) is 2.53. The van der Waals surface area contributed by atoms with Crippen molar-refractivity contribution >= 4 is 34.8 Å². The third-order valence-corrected chi connectivity index (χ3v) is 4.61. The minimum Gasteiger partial charge on any atom is -0.486 e. The first kappa shape index (κ1) is 20.6. The Bertz CT molecular complexity index is 770. The number of halogens is 2. The van der Waals surface area contributed by atoms with Crippen LogP contribution in [0.4, 0.5) is 5.69 Å². The predicted molar refractivity (Wildman–Crippen MR) is 108 cm³/mol. The number of likely N-dealkylation sites (N-methyl/N-ethyl adjacent to an activating group) is 1. The Balaban J connectivity index is 1.82. The van der Waals surface area contributed by atoms with E-state index in [1.165, 1.54) is 5.56 Å². The maximum atomic E-state index is 12.3. The van der Waals surface area contributed by atoms with Crippen LogP contribution in [-0.2, 0) is 4.79 Å². The summed E-state index contributed by atoms with van der Waals surface area (Å²) in [6.45, 7) is 7.58. The monoisotopic (exact) mass is 395 g/mol. The van der Waals surface area contributed by atoms with Gasteiger partial charge < -0.3 is 15.0 Å². The number of benzene rings is 2. The lowest BCUT2D eigenvalue weighted by Crippen LogP contribution is -3.10. The predicted octanol–water partition coefficient (Wildman–Crippen LogP) is 3.45. The van der Waals surface area contributed by atoms with Crippen LogP contribution in [0.25, 0.3) is 0 Å². The van der Waals surface area contributed by atoms with E-state index in [1.807, 2.05) is 20.9 Å². The molecule has 0 radical (unpaired) electrons. The van der Waals surface area contributed by atoms with Crippen LogP contribution >= 0.6 is 23.2 Å². The lowest BCUT2D eigenvalue weighted by Gasteiger charge is -2.17. The van der Waals surface area contributed by atoms with E-state index in [0.29, 0.717) is 35.5 Å². The van der Waals surface area contributed by atoms with Crippen LogP contribution in [0.3, 0.4) is 0 Å². The summed E-state index contributed by atoms with van der Waals surface area (Å²) in [6, 6.07) is 9.27. The Kier molecular flexibility index (Phi) is 7.33. The number of rotatable bonds is 7. The normalized spacial score (nSPS) is 11.9. The van der Waals surface area contributed by atoms with Crippen LogP contribution in [0.5, 0.6) is 5.75 Å². The van der Waals surface area contributed by atoms with Gasteiger partial charge in [0.2, 0.25) is 0 Å².